The Hall–Kier alpha value is -2.18. The van der Waals surface area contributed by atoms with Crippen LogP contribution in [0.3, 0.4) is 0 Å². The zero-order valence-electron chi connectivity index (χ0n) is 18.6. The first kappa shape index (κ1) is 24.5. The topological polar surface area (TPSA) is 92.5 Å². The summed E-state index contributed by atoms with van der Waals surface area (Å²) in [5.74, 6) is 0.783. The Morgan fingerprint density at radius 2 is 1.86 bits per heavy atom. The maximum Gasteiger partial charge on any atom is 0.244 e. The van der Waals surface area contributed by atoms with E-state index in [-0.39, 0.29) is 16.1 Å². The van der Waals surface area contributed by atoms with Gasteiger partial charge in [-0.25, -0.2) is 18.4 Å². The number of hydrogen-bond donors (Lipinski definition) is 1. The van der Waals surface area contributed by atoms with Crippen molar-refractivity contribution in [1.82, 2.24) is 23.9 Å². The highest BCUT2D eigenvalue weighted by molar-refractivity contribution is 9.10. The number of aromatic nitrogens is 4. The van der Waals surface area contributed by atoms with Crippen LogP contribution in [0.15, 0.2) is 58.2 Å². The fourth-order valence-electron chi connectivity index (χ4n) is 4.13. The minimum Gasteiger partial charge on any atom is -0.367 e. The summed E-state index contributed by atoms with van der Waals surface area (Å²) < 4.78 is 29.9. The number of nitrogens with zero attached hydrogens (tertiary/aromatic N) is 5. The van der Waals surface area contributed by atoms with E-state index < -0.39 is 10.0 Å². The van der Waals surface area contributed by atoms with Crippen LogP contribution in [0.25, 0.3) is 16.9 Å². The van der Waals surface area contributed by atoms with Crippen molar-refractivity contribution in [3.05, 3.63) is 63.4 Å². The first-order valence-corrected chi connectivity index (χ1v) is 13.9. The van der Waals surface area contributed by atoms with Crippen LogP contribution >= 0.6 is 39.1 Å². The highest BCUT2D eigenvalue weighted by Gasteiger charge is 2.30. The smallest absolute Gasteiger partial charge is 0.244 e. The maximum atomic E-state index is 13.1. The number of piperidine rings is 1. The van der Waals surface area contributed by atoms with Gasteiger partial charge in [-0.3, -0.25) is 0 Å². The fraction of sp³-hybridized carbons (Fsp3) is 0.227. The average Bonchev–Trinajstić information content (AvgIpc) is 3.22. The summed E-state index contributed by atoms with van der Waals surface area (Å²) in [7, 11) is -1.70. The van der Waals surface area contributed by atoms with Gasteiger partial charge in [-0.2, -0.15) is 13.9 Å². The summed E-state index contributed by atoms with van der Waals surface area (Å²) in [6.45, 7) is 0.758. The van der Waals surface area contributed by atoms with Crippen LogP contribution < -0.4 is 10.8 Å². The van der Waals surface area contributed by atoms with Crippen LogP contribution in [0, 0.1) is 0 Å². The van der Waals surface area contributed by atoms with E-state index in [2.05, 4.69) is 31.3 Å². The Morgan fingerprint density at radius 3 is 2.57 bits per heavy atom. The second kappa shape index (κ2) is 9.70. The lowest BCUT2D eigenvalue weighted by atomic mass is 10.0. The van der Waals surface area contributed by atoms with E-state index >= 15 is 0 Å². The Bertz CT molecular complexity index is 1530. The molecule has 1 aliphatic heterocycles. The quantitative estimate of drug-likeness (QED) is 0.282. The Balaban J connectivity index is 1.37. The number of nitrogens with one attached hydrogen (secondary N) is 1. The summed E-state index contributed by atoms with van der Waals surface area (Å²) in [4.78, 5) is 8.85. The van der Waals surface area contributed by atoms with Crippen LogP contribution in [0.5, 0.6) is 0 Å². The van der Waals surface area contributed by atoms with Crippen molar-refractivity contribution >= 4 is 73.9 Å². The molecule has 8 nitrogen and oxygen atoms in total. The second-order valence-corrected chi connectivity index (χ2v) is 11.9. The lowest BCUT2D eigenvalue weighted by Crippen LogP contribution is -2.42. The molecule has 4 heterocycles. The second-order valence-electron chi connectivity index (χ2n) is 8.34. The standard InChI is InChI=1S/C22H20BBrCl2N6O2S/c23-16-12-28-32-20(10-19(30-22(16)32)15-3-1-2-4-18(15)25)29-13-5-7-31(8-6-13)35(33,34)14-9-17(24)21(26)27-11-14/h1-4,9-13,29H,5-8,23H2. The van der Waals surface area contributed by atoms with E-state index in [0.717, 1.165) is 28.2 Å². The molecular formula is C22H20BBrCl2N6O2S. The summed E-state index contributed by atoms with van der Waals surface area (Å²) in [5, 5.41) is 8.88. The van der Waals surface area contributed by atoms with Gasteiger partial charge >= 0.3 is 0 Å². The molecular weight excluding hydrogens is 574 g/mol. The molecule has 0 radical (unpaired) electrons. The summed E-state index contributed by atoms with van der Waals surface area (Å²) in [6.07, 6.45) is 4.33. The van der Waals surface area contributed by atoms with Crippen molar-refractivity contribution in [1.29, 1.82) is 0 Å². The van der Waals surface area contributed by atoms with E-state index in [1.54, 1.807) is 10.7 Å². The predicted molar refractivity (Wildman–Crippen MR) is 144 cm³/mol. The largest absolute Gasteiger partial charge is 0.367 e. The van der Waals surface area contributed by atoms with Gasteiger partial charge in [0.05, 0.1) is 10.2 Å². The van der Waals surface area contributed by atoms with Crippen LogP contribution in [-0.2, 0) is 10.0 Å². The van der Waals surface area contributed by atoms with Gasteiger partial charge < -0.3 is 5.32 Å². The van der Waals surface area contributed by atoms with Crippen LogP contribution in [0.2, 0.25) is 10.2 Å². The van der Waals surface area contributed by atoms with Crippen molar-refractivity contribution in [3.63, 3.8) is 0 Å². The highest BCUT2D eigenvalue weighted by Crippen LogP contribution is 2.30. The Labute approximate surface area is 222 Å². The van der Waals surface area contributed by atoms with Crippen LogP contribution in [-0.4, -0.2) is 59.3 Å². The molecule has 5 rings (SSSR count). The van der Waals surface area contributed by atoms with Gasteiger partial charge in [0.1, 0.15) is 23.7 Å². The van der Waals surface area contributed by atoms with E-state index in [1.807, 2.05) is 38.2 Å². The van der Waals surface area contributed by atoms with Crippen LogP contribution in [0.1, 0.15) is 12.8 Å². The molecule has 1 aromatic carbocycles. The normalized spacial score (nSPS) is 15.5. The minimum absolute atomic E-state index is 0.0609. The van der Waals surface area contributed by atoms with Crippen LogP contribution in [0.4, 0.5) is 5.82 Å². The van der Waals surface area contributed by atoms with Gasteiger partial charge in [0.25, 0.3) is 0 Å². The molecule has 1 aliphatic rings. The summed E-state index contributed by atoms with van der Waals surface area (Å²) in [5.41, 5.74) is 3.27. The molecule has 0 spiro atoms. The van der Waals surface area contributed by atoms with Gasteiger partial charge in [0.2, 0.25) is 10.0 Å². The van der Waals surface area contributed by atoms with Crippen molar-refractivity contribution in [3.8, 4) is 11.3 Å². The third kappa shape index (κ3) is 4.80. The molecule has 1 N–H and O–H groups in total. The molecule has 13 heteroatoms. The molecule has 0 amide bonds. The van der Waals surface area contributed by atoms with Crippen molar-refractivity contribution in [2.45, 2.75) is 23.8 Å². The molecule has 1 saturated heterocycles. The number of fused-ring (bicyclic) bond motifs is 1. The molecule has 0 bridgehead atoms. The SMILES string of the molecule is Bc1cnn2c(NC3CCN(S(=O)(=O)c4cnc(Cl)c(Br)c4)CC3)cc(-c3ccccc3Cl)nc12. The monoisotopic (exact) mass is 592 g/mol. The Morgan fingerprint density at radius 1 is 1.11 bits per heavy atom. The zero-order chi connectivity index (χ0) is 24.7. The number of halogens is 3. The number of anilines is 1. The summed E-state index contributed by atoms with van der Waals surface area (Å²) >= 11 is 15.6. The van der Waals surface area contributed by atoms with Crippen molar-refractivity contribution in [2.75, 3.05) is 18.4 Å². The van der Waals surface area contributed by atoms with Gasteiger partial charge in [-0.1, -0.05) is 41.4 Å². The first-order valence-electron chi connectivity index (χ1n) is 10.9. The van der Waals surface area contributed by atoms with Crippen molar-refractivity contribution < 1.29 is 8.42 Å². The molecule has 3 aromatic heterocycles. The number of benzene rings is 1. The molecule has 0 saturated carbocycles. The molecule has 180 valence electrons. The van der Waals surface area contributed by atoms with Gasteiger partial charge in [0, 0.05) is 48.2 Å². The molecule has 0 atom stereocenters. The minimum atomic E-state index is -3.66. The maximum absolute atomic E-state index is 13.1. The average molecular weight is 594 g/mol. The first-order chi connectivity index (χ1) is 16.7. The number of rotatable bonds is 5. The van der Waals surface area contributed by atoms with Gasteiger partial charge in [0.15, 0.2) is 5.65 Å². The van der Waals surface area contributed by atoms with Crippen molar-refractivity contribution in [2.24, 2.45) is 0 Å². The van der Waals surface area contributed by atoms with Gasteiger partial charge in [-0.05, 0) is 46.4 Å². The molecule has 0 aliphatic carbocycles. The third-order valence-electron chi connectivity index (χ3n) is 6.01. The van der Waals surface area contributed by atoms with E-state index in [9.17, 15) is 8.42 Å². The predicted octanol–water partition coefficient (Wildman–Crippen LogP) is 3.38. The highest BCUT2D eigenvalue weighted by atomic mass is 79.9. The Kier molecular flexibility index (Phi) is 6.80. The molecule has 4 aromatic rings. The summed E-state index contributed by atoms with van der Waals surface area (Å²) in [6, 6.07) is 11.1. The van der Waals surface area contributed by atoms with E-state index in [0.29, 0.717) is 35.4 Å². The van der Waals surface area contributed by atoms with E-state index in [1.165, 1.54) is 16.6 Å². The number of sulfonamides is 1. The fourth-order valence-corrected chi connectivity index (χ4v) is 6.40. The molecule has 35 heavy (non-hydrogen) atoms. The number of pyridine rings is 1. The lowest BCUT2D eigenvalue weighted by Gasteiger charge is -2.32. The zero-order valence-corrected chi connectivity index (χ0v) is 22.5. The number of hydrogen-bond acceptors (Lipinski definition) is 6. The van der Waals surface area contributed by atoms with Gasteiger partial charge in [-0.15, -0.1) is 0 Å². The molecule has 1 fully saturated rings. The lowest BCUT2D eigenvalue weighted by molar-refractivity contribution is 0.329. The third-order valence-corrected chi connectivity index (χ3v) is 9.34. The van der Waals surface area contributed by atoms with E-state index in [4.69, 9.17) is 28.2 Å². The molecule has 0 unspecified atom stereocenters.